The molecule has 8 N–H and O–H groups in total. The molecule has 7 atom stereocenters. The molecule has 11 heteroatoms. The average molecular weight is 619 g/mol. The molecule has 0 saturated carbocycles. The van der Waals surface area contributed by atoms with Gasteiger partial charge in [-0.25, -0.2) is 0 Å². The minimum atomic E-state index is -0.934. The first kappa shape index (κ1) is 31.8. The van der Waals surface area contributed by atoms with Gasteiger partial charge in [-0.2, -0.15) is 0 Å². The second kappa shape index (κ2) is 14.1. The Morgan fingerprint density at radius 1 is 0.978 bits per heavy atom. The number of dihydropyridines is 1. The van der Waals surface area contributed by atoms with Crippen LogP contribution in [0.25, 0.3) is 0 Å². The lowest BCUT2D eigenvalue weighted by atomic mass is 9.77. The van der Waals surface area contributed by atoms with Crippen molar-refractivity contribution in [3.05, 3.63) is 76.5 Å². The lowest BCUT2D eigenvalue weighted by molar-refractivity contribution is -0.0748. The van der Waals surface area contributed by atoms with Crippen LogP contribution < -0.4 is 16.4 Å². The first-order chi connectivity index (χ1) is 21.8. The van der Waals surface area contributed by atoms with Crippen LogP contribution in [0.2, 0.25) is 0 Å². The number of benzene rings is 2. The molecule has 6 unspecified atom stereocenters. The highest BCUT2D eigenvalue weighted by Gasteiger charge is 2.41. The number of rotatable bonds is 8. The van der Waals surface area contributed by atoms with Gasteiger partial charge in [-0.3, -0.25) is 20.0 Å². The minimum Gasteiger partial charge on any atom is -0.388 e. The Balaban J connectivity index is 1.05. The van der Waals surface area contributed by atoms with Crippen LogP contribution in [0.5, 0.6) is 0 Å². The number of aliphatic imine (C=N–C) groups is 1. The number of anilines is 1. The Kier molecular flexibility index (Phi) is 9.96. The van der Waals surface area contributed by atoms with E-state index in [1.807, 2.05) is 18.3 Å². The number of allylic oxidation sites excluding steroid dienone is 1. The summed E-state index contributed by atoms with van der Waals surface area (Å²) in [5.41, 5.74) is 10.9. The van der Waals surface area contributed by atoms with E-state index in [0.29, 0.717) is 49.8 Å². The van der Waals surface area contributed by atoms with Crippen LogP contribution in [-0.2, 0) is 13.1 Å². The molecule has 242 valence electrons. The van der Waals surface area contributed by atoms with Gasteiger partial charge >= 0.3 is 0 Å². The van der Waals surface area contributed by atoms with E-state index < -0.39 is 24.8 Å². The van der Waals surface area contributed by atoms with E-state index in [-0.39, 0.29) is 23.7 Å². The smallest absolute Gasteiger partial charge is 0.163 e. The fourth-order valence-electron chi connectivity index (χ4n) is 7.24. The number of aliphatic hydroxyl groups is 4. The maximum atomic E-state index is 13.1. The first-order valence-corrected chi connectivity index (χ1v) is 16.2. The summed E-state index contributed by atoms with van der Waals surface area (Å²) in [4.78, 5) is 22.3. The maximum Gasteiger partial charge on any atom is 0.163 e. The van der Waals surface area contributed by atoms with E-state index in [2.05, 4.69) is 55.8 Å². The number of hydrogen-bond donors (Lipinski definition) is 7. The molecule has 6 rings (SSSR count). The number of carbonyl (C=O) groups is 1. The van der Waals surface area contributed by atoms with Gasteiger partial charge in [0.1, 0.15) is 18.7 Å². The number of hydrogen-bond acceptors (Lipinski definition) is 11. The topological polar surface area (TPSA) is 167 Å². The number of piperazine rings is 1. The van der Waals surface area contributed by atoms with Crippen molar-refractivity contribution in [3.63, 3.8) is 0 Å². The number of nitrogens with two attached hydrogens (primary N) is 1. The van der Waals surface area contributed by atoms with Gasteiger partial charge in [-0.15, -0.1) is 0 Å². The molecular formula is C34H46N6O5. The molecule has 2 aromatic rings. The molecule has 0 bridgehead atoms. The third-order valence-corrected chi connectivity index (χ3v) is 9.92. The third-order valence-electron chi connectivity index (χ3n) is 9.92. The summed E-state index contributed by atoms with van der Waals surface area (Å²) >= 11 is 0. The highest BCUT2D eigenvalue weighted by Crippen LogP contribution is 2.43. The van der Waals surface area contributed by atoms with Gasteiger partial charge in [0.2, 0.25) is 0 Å². The zero-order valence-electron chi connectivity index (χ0n) is 25.6. The van der Waals surface area contributed by atoms with Crippen molar-refractivity contribution in [2.75, 3.05) is 31.5 Å². The van der Waals surface area contributed by atoms with Gasteiger partial charge in [0, 0.05) is 74.6 Å². The Morgan fingerprint density at radius 2 is 1.73 bits per heavy atom. The van der Waals surface area contributed by atoms with Crippen molar-refractivity contribution in [2.45, 2.75) is 76.0 Å². The van der Waals surface area contributed by atoms with Crippen LogP contribution in [0.3, 0.4) is 0 Å². The van der Waals surface area contributed by atoms with E-state index in [1.54, 1.807) is 6.07 Å². The lowest BCUT2D eigenvalue weighted by Gasteiger charge is -2.39. The van der Waals surface area contributed by atoms with Crippen LogP contribution in [-0.4, -0.2) is 93.1 Å². The van der Waals surface area contributed by atoms with Gasteiger partial charge in [0.05, 0.1) is 17.8 Å². The van der Waals surface area contributed by atoms with Crippen molar-refractivity contribution in [3.8, 4) is 0 Å². The summed E-state index contributed by atoms with van der Waals surface area (Å²) in [5.74, 6) is -0.565. The number of Topliss-reactive ketones (excluding diaryl/α,β-unsaturated/α-hetero) is 1. The molecular weight excluding hydrogens is 572 g/mol. The van der Waals surface area contributed by atoms with Crippen molar-refractivity contribution in [2.24, 2.45) is 22.6 Å². The Bertz CT molecular complexity index is 1390. The number of carbonyl (C=O) groups excluding carboxylic acids is 1. The van der Waals surface area contributed by atoms with Crippen LogP contribution in [0.15, 0.2) is 59.2 Å². The van der Waals surface area contributed by atoms with E-state index in [4.69, 9.17) is 5.73 Å². The van der Waals surface area contributed by atoms with E-state index >= 15 is 0 Å². The predicted octanol–water partition coefficient (Wildman–Crippen LogP) is 1.68. The molecule has 4 aliphatic rings. The fraction of sp³-hybridized carbons (Fsp3) is 0.529. The molecule has 0 aromatic heterocycles. The van der Waals surface area contributed by atoms with Gasteiger partial charge < -0.3 is 36.4 Å². The van der Waals surface area contributed by atoms with Crippen molar-refractivity contribution in [1.82, 2.24) is 15.1 Å². The first-order valence-electron chi connectivity index (χ1n) is 16.2. The third kappa shape index (κ3) is 7.30. The number of fused-ring (bicyclic) bond motifs is 1. The zero-order chi connectivity index (χ0) is 31.5. The summed E-state index contributed by atoms with van der Waals surface area (Å²) in [6.45, 7) is 5.16. The zero-order valence-corrected chi connectivity index (χ0v) is 25.6. The monoisotopic (exact) mass is 618 g/mol. The van der Waals surface area contributed by atoms with Crippen molar-refractivity contribution >= 4 is 17.7 Å². The van der Waals surface area contributed by atoms with Crippen LogP contribution >= 0.6 is 0 Å². The standard InChI is InChI=1S/C34H46N6O5/c35-33(44)28-11-8-23(19-37-28)40-16-14-39(15-17-40)20-22-6-4-21(5-7-22)18-36-27-3-1-2-26-29(41)12-9-24(32(43)31(26)27)25-10-13-30(42)38-34(25)45/h1-8,19,24-25,28,30,32-34,36,38,42-45H,9-18,20,35H2/t24?,25?,28?,30?,32?,33-,34?/m0/s1. The molecule has 0 amide bonds. The molecule has 3 heterocycles. The lowest BCUT2D eigenvalue weighted by Crippen LogP contribution is -2.50. The molecule has 45 heavy (non-hydrogen) atoms. The summed E-state index contributed by atoms with van der Waals surface area (Å²) in [5, 5.41) is 48.0. The number of piperidine rings is 1. The number of ketones is 1. The number of aliphatic hydroxyl groups excluding tert-OH is 4. The molecule has 3 aliphatic heterocycles. The normalized spacial score (nSPS) is 29.9. The van der Waals surface area contributed by atoms with Crippen LogP contribution in [0, 0.1) is 11.8 Å². The Hall–Kier alpha value is -3.16. The second-order valence-electron chi connectivity index (χ2n) is 12.8. The Morgan fingerprint density at radius 3 is 2.42 bits per heavy atom. The molecule has 11 nitrogen and oxygen atoms in total. The number of nitrogens with one attached hydrogen (secondary N) is 2. The van der Waals surface area contributed by atoms with Gasteiger partial charge in [-0.05, 0) is 48.8 Å². The summed E-state index contributed by atoms with van der Waals surface area (Å²) in [7, 11) is 0. The molecule has 0 spiro atoms. The van der Waals surface area contributed by atoms with Gasteiger partial charge in [0.15, 0.2) is 5.78 Å². The SMILES string of the molecule is N[C@@H](O)C1CC=C(N2CCN(Cc3ccc(CNc4cccc5c4C(O)C(C4CCC(O)NC4O)CCC5=O)cc3)CC2)C=N1. The van der Waals surface area contributed by atoms with Crippen LogP contribution in [0.1, 0.15) is 65.3 Å². The minimum absolute atomic E-state index is 0.00218. The Labute approximate surface area is 264 Å². The summed E-state index contributed by atoms with van der Waals surface area (Å²) in [6.07, 6.45) is 2.95. The van der Waals surface area contributed by atoms with Crippen molar-refractivity contribution in [1.29, 1.82) is 0 Å². The quantitative estimate of drug-likeness (QED) is 0.171. The maximum absolute atomic E-state index is 13.1. The van der Waals surface area contributed by atoms with Crippen LogP contribution in [0.4, 0.5) is 5.69 Å². The molecule has 2 saturated heterocycles. The van der Waals surface area contributed by atoms with Gasteiger partial charge in [0.25, 0.3) is 0 Å². The highest BCUT2D eigenvalue weighted by atomic mass is 16.3. The van der Waals surface area contributed by atoms with E-state index in [1.165, 1.54) is 5.56 Å². The second-order valence-corrected chi connectivity index (χ2v) is 12.8. The number of nitrogens with zero attached hydrogens (tertiary/aromatic N) is 3. The fourth-order valence-corrected chi connectivity index (χ4v) is 7.24. The average Bonchev–Trinajstić information content (AvgIpc) is 3.17. The summed E-state index contributed by atoms with van der Waals surface area (Å²) in [6, 6.07) is 13.8. The van der Waals surface area contributed by atoms with E-state index in [9.17, 15) is 25.2 Å². The summed E-state index contributed by atoms with van der Waals surface area (Å²) < 4.78 is 0. The molecule has 1 aliphatic carbocycles. The van der Waals surface area contributed by atoms with E-state index in [0.717, 1.165) is 49.7 Å². The highest BCUT2D eigenvalue weighted by molar-refractivity contribution is 5.99. The predicted molar refractivity (Wildman–Crippen MR) is 172 cm³/mol. The largest absolute Gasteiger partial charge is 0.388 e. The molecule has 2 fully saturated rings. The van der Waals surface area contributed by atoms with Crippen molar-refractivity contribution < 1.29 is 25.2 Å². The molecule has 2 aromatic carbocycles. The van der Waals surface area contributed by atoms with Gasteiger partial charge in [-0.1, -0.05) is 42.5 Å². The molecule has 0 radical (unpaired) electrons.